The van der Waals surface area contributed by atoms with Gasteiger partial charge < -0.3 is 19.7 Å². The molecule has 2 N–H and O–H groups in total. The molecular weight excluding hydrogens is 196 g/mol. The first-order chi connectivity index (χ1) is 7.10. The summed E-state index contributed by atoms with van der Waals surface area (Å²) in [7, 11) is 0. The van der Waals surface area contributed by atoms with Crippen molar-refractivity contribution in [1.29, 1.82) is 0 Å². The van der Waals surface area contributed by atoms with Gasteiger partial charge in [0.15, 0.2) is 0 Å². The average molecular weight is 216 g/mol. The van der Waals surface area contributed by atoms with Crippen molar-refractivity contribution in [3.63, 3.8) is 0 Å². The number of hydrogen-bond donors (Lipinski definition) is 2. The Morgan fingerprint density at radius 3 is 2.00 bits per heavy atom. The molecule has 88 valence electrons. The van der Waals surface area contributed by atoms with Gasteiger partial charge in [0.2, 0.25) is 6.29 Å². The van der Waals surface area contributed by atoms with E-state index >= 15 is 0 Å². The smallest absolute Gasteiger partial charge is 0.222 e. The van der Waals surface area contributed by atoms with Crippen LogP contribution in [-0.2, 0) is 9.47 Å². The van der Waals surface area contributed by atoms with Crippen molar-refractivity contribution >= 4 is 0 Å². The second-order valence-corrected chi connectivity index (χ2v) is 3.13. The van der Waals surface area contributed by atoms with Gasteiger partial charge in [-0.3, -0.25) is 0 Å². The lowest BCUT2D eigenvalue weighted by Gasteiger charge is -2.10. The van der Waals surface area contributed by atoms with E-state index in [-0.39, 0.29) is 6.42 Å². The Bertz CT molecular complexity index is 198. The van der Waals surface area contributed by atoms with Gasteiger partial charge in [-0.25, -0.2) is 0 Å². The Balaban J connectivity index is 4.06. The van der Waals surface area contributed by atoms with Gasteiger partial charge >= 0.3 is 0 Å². The molecule has 0 bridgehead atoms. The molecule has 0 spiro atoms. The molecule has 0 saturated heterocycles. The molecule has 0 fully saturated rings. The zero-order valence-electron chi connectivity index (χ0n) is 9.56. The fraction of sp³-hybridized carbons (Fsp3) is 0.818. The van der Waals surface area contributed by atoms with Crippen LogP contribution < -0.4 is 0 Å². The van der Waals surface area contributed by atoms with E-state index < -0.39 is 18.5 Å². The van der Waals surface area contributed by atoms with E-state index in [0.717, 1.165) is 0 Å². The lowest BCUT2D eigenvalue weighted by atomic mass is 10.2. The number of ether oxygens (including phenoxy) is 2. The van der Waals surface area contributed by atoms with Crippen LogP contribution in [0.4, 0.5) is 0 Å². The molecule has 0 aliphatic heterocycles. The van der Waals surface area contributed by atoms with Crippen molar-refractivity contribution in [2.75, 3.05) is 13.2 Å². The third-order valence-corrected chi connectivity index (χ3v) is 1.57. The Kier molecular flexibility index (Phi) is 8.34. The average Bonchev–Trinajstić information content (AvgIpc) is 2.14. The highest BCUT2D eigenvalue weighted by atomic mass is 16.7. The fourth-order valence-corrected chi connectivity index (χ4v) is 0.980. The number of aliphatic hydroxyl groups excluding tert-OH is 2. The molecule has 0 saturated carbocycles. The van der Waals surface area contributed by atoms with Crippen LogP contribution in [0.3, 0.4) is 0 Å². The zero-order chi connectivity index (χ0) is 11.7. The van der Waals surface area contributed by atoms with Gasteiger partial charge in [0, 0.05) is 19.6 Å². The summed E-state index contributed by atoms with van der Waals surface area (Å²) in [6.45, 7) is 6.31. The SMILES string of the molecule is CCOC(C#C[C@@H](O)C[C@H](C)O)OCC. The van der Waals surface area contributed by atoms with E-state index in [4.69, 9.17) is 14.6 Å². The Hall–Kier alpha value is -0.600. The number of aliphatic hydroxyl groups is 2. The van der Waals surface area contributed by atoms with Crippen LogP contribution in [0.15, 0.2) is 0 Å². The Labute approximate surface area is 91.2 Å². The van der Waals surface area contributed by atoms with E-state index in [9.17, 15) is 5.11 Å². The van der Waals surface area contributed by atoms with Crippen LogP contribution in [-0.4, -0.2) is 41.9 Å². The van der Waals surface area contributed by atoms with Crippen molar-refractivity contribution in [3.8, 4) is 11.8 Å². The minimum Gasteiger partial charge on any atom is -0.393 e. The summed E-state index contributed by atoms with van der Waals surface area (Å²) in [6.07, 6.45) is -1.76. The number of rotatable bonds is 6. The summed E-state index contributed by atoms with van der Waals surface area (Å²) < 4.78 is 10.3. The second-order valence-electron chi connectivity index (χ2n) is 3.13. The first kappa shape index (κ1) is 14.4. The molecule has 0 aromatic carbocycles. The highest BCUT2D eigenvalue weighted by Gasteiger charge is 2.06. The van der Waals surface area contributed by atoms with E-state index in [1.54, 1.807) is 6.92 Å². The van der Waals surface area contributed by atoms with E-state index in [2.05, 4.69) is 11.8 Å². The molecule has 0 rings (SSSR count). The molecule has 4 nitrogen and oxygen atoms in total. The van der Waals surface area contributed by atoms with E-state index in [1.807, 2.05) is 13.8 Å². The standard InChI is InChI=1S/C11H20O4/c1-4-14-11(15-5-2)7-6-10(13)8-9(3)12/h9-13H,4-5,8H2,1-3H3/t9-,10+/m0/s1. The normalized spacial score (nSPS) is 14.5. The van der Waals surface area contributed by atoms with Gasteiger partial charge in [0.1, 0.15) is 6.10 Å². The molecular formula is C11H20O4. The number of hydrogen-bond acceptors (Lipinski definition) is 4. The molecule has 0 aliphatic carbocycles. The van der Waals surface area contributed by atoms with Crippen LogP contribution in [0, 0.1) is 11.8 Å². The zero-order valence-corrected chi connectivity index (χ0v) is 9.56. The summed E-state index contributed by atoms with van der Waals surface area (Å²) in [5, 5.41) is 18.4. The highest BCUT2D eigenvalue weighted by molar-refractivity contribution is 5.07. The van der Waals surface area contributed by atoms with Crippen LogP contribution in [0.2, 0.25) is 0 Å². The van der Waals surface area contributed by atoms with Crippen LogP contribution >= 0.6 is 0 Å². The highest BCUT2D eigenvalue weighted by Crippen LogP contribution is 1.97. The summed E-state index contributed by atoms with van der Waals surface area (Å²) in [4.78, 5) is 0. The molecule has 0 aliphatic rings. The van der Waals surface area contributed by atoms with Crippen molar-refractivity contribution < 1.29 is 19.7 Å². The van der Waals surface area contributed by atoms with Crippen molar-refractivity contribution in [2.45, 2.75) is 45.7 Å². The molecule has 15 heavy (non-hydrogen) atoms. The minimum absolute atomic E-state index is 0.234. The first-order valence-corrected chi connectivity index (χ1v) is 5.20. The minimum atomic E-state index is -0.839. The summed E-state index contributed by atoms with van der Waals surface area (Å²) in [5.41, 5.74) is 0. The molecule has 0 aromatic heterocycles. The predicted octanol–water partition coefficient (Wildman–Crippen LogP) is 0.521. The maximum Gasteiger partial charge on any atom is 0.222 e. The third-order valence-electron chi connectivity index (χ3n) is 1.57. The lowest BCUT2D eigenvalue weighted by Crippen LogP contribution is -2.17. The molecule has 0 amide bonds. The largest absolute Gasteiger partial charge is 0.393 e. The van der Waals surface area contributed by atoms with Crippen LogP contribution in [0.5, 0.6) is 0 Å². The van der Waals surface area contributed by atoms with Crippen LogP contribution in [0.1, 0.15) is 27.2 Å². The summed E-state index contributed by atoms with van der Waals surface area (Å²) >= 11 is 0. The first-order valence-electron chi connectivity index (χ1n) is 5.20. The van der Waals surface area contributed by atoms with E-state index in [0.29, 0.717) is 13.2 Å². The molecule has 2 atom stereocenters. The van der Waals surface area contributed by atoms with E-state index in [1.165, 1.54) is 0 Å². The van der Waals surface area contributed by atoms with Gasteiger partial charge in [-0.1, -0.05) is 5.92 Å². The van der Waals surface area contributed by atoms with Crippen molar-refractivity contribution in [3.05, 3.63) is 0 Å². The van der Waals surface area contributed by atoms with Gasteiger partial charge in [0.05, 0.1) is 6.10 Å². The Morgan fingerprint density at radius 2 is 1.60 bits per heavy atom. The topological polar surface area (TPSA) is 58.9 Å². The fourth-order valence-electron chi connectivity index (χ4n) is 0.980. The quantitative estimate of drug-likeness (QED) is 0.502. The monoisotopic (exact) mass is 216 g/mol. The Morgan fingerprint density at radius 1 is 1.07 bits per heavy atom. The maximum atomic E-state index is 9.36. The van der Waals surface area contributed by atoms with Gasteiger partial charge in [-0.15, -0.1) is 0 Å². The lowest BCUT2D eigenvalue weighted by molar-refractivity contribution is -0.0972. The van der Waals surface area contributed by atoms with Gasteiger partial charge in [-0.2, -0.15) is 0 Å². The summed E-state index contributed by atoms with van der Waals surface area (Å²) in [6, 6.07) is 0. The second kappa shape index (κ2) is 8.69. The van der Waals surface area contributed by atoms with Crippen LogP contribution in [0.25, 0.3) is 0 Å². The van der Waals surface area contributed by atoms with Gasteiger partial charge in [0.25, 0.3) is 0 Å². The molecule has 0 radical (unpaired) electrons. The maximum absolute atomic E-state index is 9.36. The predicted molar refractivity (Wildman–Crippen MR) is 57.1 cm³/mol. The van der Waals surface area contributed by atoms with Crippen molar-refractivity contribution in [1.82, 2.24) is 0 Å². The summed E-state index contributed by atoms with van der Waals surface area (Å²) in [5.74, 6) is 5.25. The molecule has 0 unspecified atom stereocenters. The molecule has 0 heterocycles. The van der Waals surface area contributed by atoms with Gasteiger partial charge in [-0.05, 0) is 26.7 Å². The molecule has 0 aromatic rings. The third kappa shape index (κ3) is 8.40. The molecule has 4 heteroatoms. The van der Waals surface area contributed by atoms with Crippen molar-refractivity contribution in [2.24, 2.45) is 0 Å².